The van der Waals surface area contributed by atoms with Gasteiger partial charge < -0.3 is 10.1 Å². The van der Waals surface area contributed by atoms with E-state index in [0.717, 1.165) is 39.2 Å². The monoisotopic (exact) mass is 172 g/mol. The van der Waals surface area contributed by atoms with Gasteiger partial charge in [0.1, 0.15) is 0 Å². The van der Waals surface area contributed by atoms with E-state index < -0.39 is 0 Å². The van der Waals surface area contributed by atoms with Gasteiger partial charge in [0.2, 0.25) is 0 Å². The van der Waals surface area contributed by atoms with Gasteiger partial charge in [0.05, 0.1) is 12.7 Å². The largest absolute Gasteiger partial charge is 0.376 e. The lowest BCUT2D eigenvalue weighted by molar-refractivity contribution is -0.0296. The third-order valence-corrected chi connectivity index (χ3v) is 2.39. The minimum Gasteiger partial charge on any atom is -0.376 e. The third-order valence-electron chi connectivity index (χ3n) is 2.39. The average Bonchev–Trinajstić information content (AvgIpc) is 2.15. The molecule has 1 rings (SSSR count). The van der Waals surface area contributed by atoms with Crippen LogP contribution in [0.3, 0.4) is 0 Å². The van der Waals surface area contributed by atoms with Crippen LogP contribution >= 0.6 is 0 Å². The standard InChI is InChI=1S/C9H20N2O/c1-3-11-6-7-12-9(8-11)4-5-10-2/h9-10H,3-8H2,1-2H3. The van der Waals surface area contributed by atoms with Gasteiger partial charge in [-0.3, -0.25) is 4.90 Å². The van der Waals surface area contributed by atoms with Crippen LogP contribution in [0.25, 0.3) is 0 Å². The zero-order valence-corrected chi connectivity index (χ0v) is 8.18. The highest BCUT2D eigenvalue weighted by Gasteiger charge is 2.17. The molecule has 3 heteroatoms. The smallest absolute Gasteiger partial charge is 0.0714 e. The van der Waals surface area contributed by atoms with Gasteiger partial charge in [-0.15, -0.1) is 0 Å². The highest BCUT2D eigenvalue weighted by molar-refractivity contribution is 4.70. The minimum atomic E-state index is 0.450. The van der Waals surface area contributed by atoms with Crippen LogP contribution in [0.15, 0.2) is 0 Å². The Morgan fingerprint density at radius 3 is 3.08 bits per heavy atom. The fourth-order valence-corrected chi connectivity index (χ4v) is 1.55. The van der Waals surface area contributed by atoms with Crippen molar-refractivity contribution in [3.05, 3.63) is 0 Å². The van der Waals surface area contributed by atoms with Crippen LogP contribution in [0.1, 0.15) is 13.3 Å². The fraction of sp³-hybridized carbons (Fsp3) is 1.00. The van der Waals surface area contributed by atoms with Crippen molar-refractivity contribution >= 4 is 0 Å². The minimum absolute atomic E-state index is 0.450. The molecule has 0 radical (unpaired) electrons. The molecule has 0 saturated carbocycles. The molecule has 1 N–H and O–H groups in total. The first-order chi connectivity index (χ1) is 5.86. The second kappa shape index (κ2) is 5.51. The molecule has 0 spiro atoms. The van der Waals surface area contributed by atoms with Gasteiger partial charge in [0.25, 0.3) is 0 Å². The van der Waals surface area contributed by atoms with Gasteiger partial charge in [-0.1, -0.05) is 6.92 Å². The maximum Gasteiger partial charge on any atom is 0.0714 e. The highest BCUT2D eigenvalue weighted by atomic mass is 16.5. The van der Waals surface area contributed by atoms with E-state index in [0.29, 0.717) is 6.10 Å². The molecule has 0 aromatic carbocycles. The molecule has 1 saturated heterocycles. The maximum absolute atomic E-state index is 5.63. The van der Waals surface area contributed by atoms with Crippen LogP contribution in [-0.4, -0.2) is 50.8 Å². The number of hydrogen-bond donors (Lipinski definition) is 1. The summed E-state index contributed by atoms with van der Waals surface area (Å²) in [5.74, 6) is 0. The molecule has 72 valence electrons. The maximum atomic E-state index is 5.63. The number of rotatable bonds is 4. The third kappa shape index (κ3) is 3.09. The molecule has 1 aliphatic rings. The molecule has 0 bridgehead atoms. The first kappa shape index (κ1) is 9.96. The summed E-state index contributed by atoms with van der Waals surface area (Å²) in [5, 5.41) is 3.15. The van der Waals surface area contributed by atoms with E-state index in [1.54, 1.807) is 0 Å². The van der Waals surface area contributed by atoms with E-state index in [9.17, 15) is 0 Å². The van der Waals surface area contributed by atoms with Gasteiger partial charge in [0.15, 0.2) is 0 Å². The Labute approximate surface area is 75.1 Å². The van der Waals surface area contributed by atoms with E-state index in [4.69, 9.17) is 4.74 Å². The van der Waals surface area contributed by atoms with Crippen molar-refractivity contribution in [2.75, 3.05) is 39.8 Å². The molecule has 1 atom stereocenters. The number of nitrogens with zero attached hydrogens (tertiary/aromatic N) is 1. The van der Waals surface area contributed by atoms with Crippen molar-refractivity contribution in [2.45, 2.75) is 19.4 Å². The van der Waals surface area contributed by atoms with Crippen molar-refractivity contribution in [1.29, 1.82) is 0 Å². The summed E-state index contributed by atoms with van der Waals surface area (Å²) in [4.78, 5) is 2.45. The molecule has 0 aromatic heterocycles. The second-order valence-electron chi connectivity index (χ2n) is 3.28. The first-order valence-electron chi connectivity index (χ1n) is 4.85. The van der Waals surface area contributed by atoms with Crippen molar-refractivity contribution in [3.63, 3.8) is 0 Å². The van der Waals surface area contributed by atoms with Gasteiger partial charge in [-0.05, 0) is 26.6 Å². The Morgan fingerprint density at radius 2 is 2.42 bits per heavy atom. The van der Waals surface area contributed by atoms with Gasteiger partial charge in [0, 0.05) is 13.1 Å². The van der Waals surface area contributed by atoms with Crippen molar-refractivity contribution in [2.24, 2.45) is 0 Å². The lowest BCUT2D eigenvalue weighted by Crippen LogP contribution is -2.43. The van der Waals surface area contributed by atoms with Gasteiger partial charge in [-0.2, -0.15) is 0 Å². The summed E-state index contributed by atoms with van der Waals surface area (Å²) in [6.07, 6.45) is 1.58. The molecule has 1 unspecified atom stereocenters. The van der Waals surface area contributed by atoms with Gasteiger partial charge >= 0.3 is 0 Å². The normalized spacial score (nSPS) is 26.0. The van der Waals surface area contributed by atoms with E-state index >= 15 is 0 Å². The van der Waals surface area contributed by atoms with Crippen LogP contribution in [0.4, 0.5) is 0 Å². The van der Waals surface area contributed by atoms with Crippen LogP contribution in [0, 0.1) is 0 Å². The van der Waals surface area contributed by atoms with Gasteiger partial charge in [-0.25, -0.2) is 0 Å². The summed E-state index contributed by atoms with van der Waals surface area (Å²) in [6.45, 7) is 7.54. The summed E-state index contributed by atoms with van der Waals surface area (Å²) in [5.41, 5.74) is 0. The average molecular weight is 172 g/mol. The Morgan fingerprint density at radius 1 is 1.58 bits per heavy atom. The summed E-state index contributed by atoms with van der Waals surface area (Å²) >= 11 is 0. The summed E-state index contributed by atoms with van der Waals surface area (Å²) in [7, 11) is 1.99. The van der Waals surface area contributed by atoms with Crippen LogP contribution in [0.2, 0.25) is 0 Å². The molecule has 1 aliphatic heterocycles. The molecule has 0 aliphatic carbocycles. The zero-order chi connectivity index (χ0) is 8.81. The summed E-state index contributed by atoms with van der Waals surface area (Å²) in [6, 6.07) is 0. The molecule has 0 aromatic rings. The lowest BCUT2D eigenvalue weighted by Gasteiger charge is -2.32. The van der Waals surface area contributed by atoms with Crippen LogP contribution < -0.4 is 5.32 Å². The topological polar surface area (TPSA) is 24.5 Å². The van der Waals surface area contributed by atoms with Crippen molar-refractivity contribution in [1.82, 2.24) is 10.2 Å². The molecule has 1 heterocycles. The van der Waals surface area contributed by atoms with E-state index in [2.05, 4.69) is 17.1 Å². The second-order valence-corrected chi connectivity index (χ2v) is 3.28. The first-order valence-corrected chi connectivity index (χ1v) is 4.85. The Bertz CT molecular complexity index is 119. The molecule has 12 heavy (non-hydrogen) atoms. The Kier molecular flexibility index (Phi) is 4.58. The number of ether oxygens (including phenoxy) is 1. The highest BCUT2D eigenvalue weighted by Crippen LogP contribution is 2.07. The molecule has 1 fully saturated rings. The number of morpholine rings is 1. The quantitative estimate of drug-likeness (QED) is 0.661. The predicted molar refractivity (Wildman–Crippen MR) is 50.4 cm³/mol. The van der Waals surface area contributed by atoms with E-state index in [-0.39, 0.29) is 0 Å². The summed E-state index contributed by atoms with van der Waals surface area (Å²) < 4.78 is 5.63. The number of hydrogen-bond acceptors (Lipinski definition) is 3. The molecule has 3 nitrogen and oxygen atoms in total. The predicted octanol–water partition coefficient (Wildman–Crippen LogP) is 0.317. The van der Waals surface area contributed by atoms with E-state index in [1.165, 1.54) is 0 Å². The molecule has 0 amide bonds. The Balaban J connectivity index is 2.16. The van der Waals surface area contributed by atoms with E-state index in [1.807, 2.05) is 7.05 Å². The fourth-order valence-electron chi connectivity index (χ4n) is 1.55. The molecular formula is C9H20N2O. The lowest BCUT2D eigenvalue weighted by atomic mass is 10.2. The number of nitrogens with one attached hydrogen (secondary N) is 1. The number of likely N-dealkylation sites (N-methyl/N-ethyl adjacent to an activating group) is 1. The van der Waals surface area contributed by atoms with Crippen LogP contribution in [-0.2, 0) is 4.74 Å². The van der Waals surface area contributed by atoms with Crippen molar-refractivity contribution < 1.29 is 4.74 Å². The Hall–Kier alpha value is -0.120. The van der Waals surface area contributed by atoms with Crippen LogP contribution in [0.5, 0.6) is 0 Å². The van der Waals surface area contributed by atoms with Crippen molar-refractivity contribution in [3.8, 4) is 0 Å². The molecular weight excluding hydrogens is 152 g/mol. The zero-order valence-electron chi connectivity index (χ0n) is 8.18. The SMILES string of the molecule is CCN1CCOC(CCNC)C1.